The van der Waals surface area contributed by atoms with Crippen LogP contribution >= 0.6 is 7.82 Å². The van der Waals surface area contributed by atoms with Crippen molar-refractivity contribution in [2.75, 3.05) is 0 Å². The highest BCUT2D eigenvalue weighted by Crippen LogP contribution is 2.49. The van der Waals surface area contributed by atoms with Gasteiger partial charge in [-0.2, -0.15) is 4.57 Å². The smallest absolute Gasteiger partial charge is 0.453 e. The molecule has 0 amide bonds. The third-order valence-corrected chi connectivity index (χ3v) is 9.56. The average Bonchev–Trinajstić information content (AvgIpc) is 3.92. The van der Waals surface area contributed by atoms with Crippen molar-refractivity contribution < 1.29 is 32.6 Å². The summed E-state index contributed by atoms with van der Waals surface area (Å²) in [6.07, 6.45) is 0. The summed E-state index contributed by atoms with van der Waals surface area (Å²) in [6, 6.07) is 37.8. The Hall–Kier alpha value is -7.45. The fraction of sp³-hybridized carbons (Fsp3) is 0.0769. The predicted octanol–water partition coefficient (Wildman–Crippen LogP) is 8.02. The minimum absolute atomic E-state index is 0.130. The minimum atomic E-state index is -4.88. The molecule has 9 rings (SSSR count). The molecule has 0 radical (unpaired) electrons. The lowest BCUT2D eigenvalue weighted by Crippen LogP contribution is -2.27. The van der Waals surface area contributed by atoms with Crippen LogP contribution in [0, 0.1) is 20.8 Å². The van der Waals surface area contributed by atoms with Gasteiger partial charge < -0.3 is 14.2 Å². The Bertz CT molecular complexity index is 2810. The van der Waals surface area contributed by atoms with E-state index in [0.29, 0.717) is 39.3 Å². The summed E-state index contributed by atoms with van der Waals surface area (Å²) in [4.78, 5) is 2.74. The second-order valence-corrected chi connectivity index (χ2v) is 14.1. The van der Waals surface area contributed by atoms with E-state index in [-0.39, 0.29) is 28.3 Å². The fourth-order valence-electron chi connectivity index (χ4n) is 5.62. The van der Waals surface area contributed by atoms with E-state index >= 15 is 0 Å². The average molecular weight is 768 g/mol. The maximum atomic E-state index is 14.9. The van der Waals surface area contributed by atoms with Crippen molar-refractivity contribution in [2.24, 2.45) is 0 Å². The lowest BCUT2D eigenvalue weighted by molar-refractivity contribution is 0.0660. The standard InChI is InChI=1S/C39H30N9O7P/c1-25-12-18-28(19-13-25)50-36-24-35-37(39(52-30-22-16-27(3)17-23-30)38(36)51-29-20-14-26(2)15-21-29)42-45-48(35)55-56(49,53-46-33-10-6-4-8-31(33)40-43-46)54-47-34-11-7-5-9-32(34)41-44-47/h4-24H,1-3H3. The number of para-hydroxylation sites is 2. The number of nitrogens with zero attached hydrogens (tertiary/aromatic N) is 9. The van der Waals surface area contributed by atoms with Crippen LogP contribution in [-0.2, 0) is 4.57 Å². The van der Waals surface area contributed by atoms with Gasteiger partial charge in [-0.05, 0) is 97.1 Å². The highest BCUT2D eigenvalue weighted by Gasteiger charge is 2.40. The van der Waals surface area contributed by atoms with Gasteiger partial charge in [0.05, 0.1) is 0 Å². The molecule has 17 heteroatoms. The lowest BCUT2D eigenvalue weighted by atomic mass is 10.2. The Balaban J connectivity index is 1.20. The van der Waals surface area contributed by atoms with E-state index in [1.165, 1.54) is 0 Å². The Kier molecular flexibility index (Phi) is 8.63. The van der Waals surface area contributed by atoms with Crippen LogP contribution < -0.4 is 28.1 Å². The number of benzene rings is 6. The first-order valence-corrected chi connectivity index (χ1v) is 18.7. The molecule has 0 bridgehead atoms. The molecule has 0 fully saturated rings. The largest absolute Gasteiger partial charge is 0.710 e. The number of phosphoric acid groups is 1. The molecule has 3 heterocycles. The molecule has 0 N–H and O–H groups in total. The van der Waals surface area contributed by atoms with Crippen LogP contribution in [0.1, 0.15) is 16.7 Å². The van der Waals surface area contributed by atoms with Gasteiger partial charge in [0.15, 0.2) is 11.3 Å². The number of ether oxygens (including phenoxy) is 3. The molecule has 16 nitrogen and oxygen atoms in total. The zero-order valence-corrected chi connectivity index (χ0v) is 30.8. The van der Waals surface area contributed by atoms with Crippen LogP contribution in [-0.4, -0.2) is 45.5 Å². The summed E-state index contributed by atoms with van der Waals surface area (Å²) in [6.45, 7) is 5.93. The van der Waals surface area contributed by atoms with E-state index < -0.39 is 7.82 Å². The van der Waals surface area contributed by atoms with Gasteiger partial charge in [-0.15, -0.1) is 15.3 Å². The first-order chi connectivity index (χ1) is 27.3. The fourth-order valence-corrected chi connectivity index (χ4v) is 6.64. The summed E-state index contributed by atoms with van der Waals surface area (Å²) in [5, 5.41) is 24.9. The van der Waals surface area contributed by atoms with Crippen LogP contribution in [0.25, 0.3) is 33.1 Å². The maximum Gasteiger partial charge on any atom is 0.710 e. The first-order valence-electron chi connectivity index (χ1n) is 17.2. The maximum absolute atomic E-state index is 14.9. The second-order valence-electron chi connectivity index (χ2n) is 12.7. The van der Waals surface area contributed by atoms with Crippen molar-refractivity contribution in [2.45, 2.75) is 20.8 Å². The monoisotopic (exact) mass is 767 g/mol. The molecule has 0 unspecified atom stereocenters. The topological polar surface area (TPSA) is 165 Å². The van der Waals surface area contributed by atoms with Gasteiger partial charge in [0.25, 0.3) is 0 Å². The molecule has 56 heavy (non-hydrogen) atoms. The Morgan fingerprint density at radius 1 is 0.464 bits per heavy atom. The van der Waals surface area contributed by atoms with E-state index in [4.69, 9.17) is 28.1 Å². The molecule has 0 aliphatic heterocycles. The summed E-state index contributed by atoms with van der Waals surface area (Å²) >= 11 is 0. The number of hydrogen-bond donors (Lipinski definition) is 0. The van der Waals surface area contributed by atoms with Gasteiger partial charge >= 0.3 is 7.82 Å². The van der Waals surface area contributed by atoms with E-state index in [2.05, 4.69) is 30.9 Å². The van der Waals surface area contributed by atoms with Crippen molar-refractivity contribution in [3.63, 3.8) is 0 Å². The molecular weight excluding hydrogens is 737 g/mol. The highest BCUT2D eigenvalue weighted by atomic mass is 31.2. The highest BCUT2D eigenvalue weighted by molar-refractivity contribution is 7.49. The molecule has 6 aromatic carbocycles. The molecular formula is C39H30N9O7P. The summed E-state index contributed by atoms with van der Waals surface area (Å²) in [5.74, 6) is 1.99. The van der Waals surface area contributed by atoms with Crippen LogP contribution in [0.4, 0.5) is 0 Å². The van der Waals surface area contributed by atoms with Gasteiger partial charge in [-0.1, -0.05) is 91.9 Å². The normalized spacial score (nSPS) is 11.6. The summed E-state index contributed by atoms with van der Waals surface area (Å²) < 4.78 is 52.2. The van der Waals surface area contributed by atoms with E-state index in [1.54, 1.807) is 54.6 Å². The van der Waals surface area contributed by atoms with Crippen molar-refractivity contribution in [1.82, 2.24) is 45.5 Å². The molecule has 0 atom stereocenters. The summed E-state index contributed by atoms with van der Waals surface area (Å²) in [5.41, 5.74) is 5.12. The summed E-state index contributed by atoms with van der Waals surface area (Å²) in [7, 11) is -4.88. The number of hydrogen-bond acceptors (Lipinski definition) is 13. The van der Waals surface area contributed by atoms with E-state index in [9.17, 15) is 4.57 Å². The quantitative estimate of drug-likeness (QED) is 0.110. The van der Waals surface area contributed by atoms with E-state index in [0.717, 1.165) is 31.2 Å². The molecule has 3 aromatic heterocycles. The second kappa shape index (κ2) is 14.1. The van der Waals surface area contributed by atoms with Gasteiger partial charge in [-0.25, -0.2) is 0 Å². The lowest BCUT2D eigenvalue weighted by Gasteiger charge is -2.19. The first kappa shape index (κ1) is 34.3. The van der Waals surface area contributed by atoms with Crippen LogP contribution in [0.2, 0.25) is 0 Å². The van der Waals surface area contributed by atoms with Crippen LogP contribution in [0.3, 0.4) is 0 Å². The molecule has 0 aliphatic carbocycles. The molecule has 0 spiro atoms. The third kappa shape index (κ3) is 6.87. The molecule has 278 valence electrons. The number of rotatable bonds is 12. The Morgan fingerprint density at radius 3 is 1.38 bits per heavy atom. The van der Waals surface area contributed by atoms with Gasteiger partial charge in [0.1, 0.15) is 44.8 Å². The molecule has 0 aliphatic rings. The third-order valence-electron chi connectivity index (χ3n) is 8.49. The molecule has 0 saturated heterocycles. The zero-order chi connectivity index (χ0) is 38.2. The zero-order valence-electron chi connectivity index (χ0n) is 30.0. The van der Waals surface area contributed by atoms with Gasteiger partial charge in [-0.3, -0.25) is 13.9 Å². The van der Waals surface area contributed by atoms with Crippen LogP contribution in [0.5, 0.6) is 34.5 Å². The Morgan fingerprint density at radius 2 is 0.875 bits per heavy atom. The van der Waals surface area contributed by atoms with E-state index in [1.807, 2.05) is 93.6 Å². The van der Waals surface area contributed by atoms with Crippen molar-refractivity contribution in [3.8, 4) is 34.5 Å². The van der Waals surface area contributed by atoms with Crippen molar-refractivity contribution >= 4 is 40.9 Å². The number of aryl methyl sites for hydroxylation is 3. The predicted molar refractivity (Wildman–Crippen MR) is 204 cm³/mol. The SMILES string of the molecule is Cc1ccc(Oc2cc3c(nnn3OP(=O)(On3nnc4ccccc43)On3nnc4ccccc43)c(Oc3ccc(C)cc3)c2Oc2ccc(C)cc2)cc1. The minimum Gasteiger partial charge on any atom is -0.453 e. The van der Waals surface area contributed by atoms with Crippen molar-refractivity contribution in [3.05, 3.63) is 144 Å². The van der Waals surface area contributed by atoms with Gasteiger partial charge in [0.2, 0.25) is 11.5 Å². The van der Waals surface area contributed by atoms with Crippen molar-refractivity contribution in [1.29, 1.82) is 0 Å². The van der Waals surface area contributed by atoms with Crippen LogP contribution in [0.15, 0.2) is 127 Å². The molecule has 9 aromatic rings. The Labute approximate surface area is 317 Å². The van der Waals surface area contributed by atoms with Gasteiger partial charge in [0, 0.05) is 6.07 Å². The number of fused-ring (bicyclic) bond motifs is 3. The number of aromatic nitrogens is 9. The molecule has 0 saturated carbocycles.